The van der Waals surface area contributed by atoms with E-state index in [-0.39, 0.29) is 23.7 Å². The SMILES string of the molecule is Cc1ccc(NC(=O)C2CC(=O)Nc3nc(SCc4ccccc4Cl)[nH]c(=O)c32)cc1C. The first-order chi connectivity index (χ1) is 15.3. The number of anilines is 2. The molecule has 3 aromatic rings. The van der Waals surface area contributed by atoms with Crippen LogP contribution < -0.4 is 16.2 Å². The molecule has 1 atom stereocenters. The molecular weight excluding hydrogens is 448 g/mol. The molecule has 9 heteroatoms. The molecule has 1 aliphatic heterocycles. The number of carbonyl (C=O) groups excluding carboxylic acids is 2. The van der Waals surface area contributed by atoms with Gasteiger partial charge in [-0.25, -0.2) is 4.98 Å². The van der Waals surface area contributed by atoms with E-state index in [1.165, 1.54) is 11.8 Å². The Balaban J connectivity index is 1.58. The van der Waals surface area contributed by atoms with Crippen LogP contribution in [0.4, 0.5) is 11.5 Å². The van der Waals surface area contributed by atoms with E-state index in [2.05, 4.69) is 20.6 Å². The number of benzene rings is 2. The highest BCUT2D eigenvalue weighted by atomic mass is 35.5. The third-order valence-corrected chi connectivity index (χ3v) is 6.63. The first kappa shape index (κ1) is 22.1. The fourth-order valence-electron chi connectivity index (χ4n) is 3.45. The Morgan fingerprint density at radius 2 is 1.97 bits per heavy atom. The number of H-pyrrole nitrogens is 1. The van der Waals surface area contributed by atoms with Crippen molar-refractivity contribution in [3.63, 3.8) is 0 Å². The van der Waals surface area contributed by atoms with Crippen LogP contribution in [0, 0.1) is 13.8 Å². The predicted octanol–water partition coefficient (Wildman–Crippen LogP) is 4.40. The van der Waals surface area contributed by atoms with Crippen molar-refractivity contribution in [2.24, 2.45) is 0 Å². The van der Waals surface area contributed by atoms with Gasteiger partial charge >= 0.3 is 0 Å². The van der Waals surface area contributed by atoms with Crippen molar-refractivity contribution < 1.29 is 9.59 Å². The number of aromatic amines is 1. The van der Waals surface area contributed by atoms with Gasteiger partial charge in [-0.15, -0.1) is 0 Å². The van der Waals surface area contributed by atoms with Crippen molar-refractivity contribution in [3.8, 4) is 0 Å². The highest BCUT2D eigenvalue weighted by molar-refractivity contribution is 7.98. The lowest BCUT2D eigenvalue weighted by molar-refractivity contribution is -0.123. The molecule has 0 fully saturated rings. The quantitative estimate of drug-likeness (QED) is 0.380. The van der Waals surface area contributed by atoms with Crippen molar-refractivity contribution in [1.82, 2.24) is 9.97 Å². The van der Waals surface area contributed by atoms with Crippen LogP contribution in [0.25, 0.3) is 0 Å². The second-order valence-corrected chi connectivity index (χ2v) is 8.98. The number of aryl methyl sites for hydroxylation is 2. The number of hydrogen-bond acceptors (Lipinski definition) is 5. The molecule has 7 nitrogen and oxygen atoms in total. The van der Waals surface area contributed by atoms with Crippen LogP contribution in [0.3, 0.4) is 0 Å². The molecule has 0 bridgehead atoms. The summed E-state index contributed by atoms with van der Waals surface area (Å²) >= 11 is 7.48. The number of thioether (sulfide) groups is 1. The summed E-state index contributed by atoms with van der Waals surface area (Å²) in [7, 11) is 0. The fourth-order valence-corrected chi connectivity index (χ4v) is 4.60. The lowest BCUT2D eigenvalue weighted by atomic mass is 9.92. The summed E-state index contributed by atoms with van der Waals surface area (Å²) < 4.78 is 0. The lowest BCUT2D eigenvalue weighted by Gasteiger charge is -2.23. The summed E-state index contributed by atoms with van der Waals surface area (Å²) in [6.07, 6.45) is -0.124. The normalized spacial score (nSPS) is 15.1. The van der Waals surface area contributed by atoms with Crippen LogP contribution in [0.1, 0.15) is 34.6 Å². The average Bonchev–Trinajstić information content (AvgIpc) is 2.75. The maximum Gasteiger partial charge on any atom is 0.257 e. The molecule has 0 radical (unpaired) electrons. The molecular formula is C23H21ClN4O3S. The third kappa shape index (κ3) is 4.71. The summed E-state index contributed by atoms with van der Waals surface area (Å²) in [5.41, 5.74) is 3.36. The topological polar surface area (TPSA) is 104 Å². The third-order valence-electron chi connectivity index (χ3n) is 5.34. The van der Waals surface area contributed by atoms with E-state index in [4.69, 9.17) is 11.6 Å². The number of fused-ring (bicyclic) bond motifs is 1. The van der Waals surface area contributed by atoms with E-state index in [1.54, 1.807) is 12.1 Å². The zero-order chi connectivity index (χ0) is 22.8. The molecule has 164 valence electrons. The van der Waals surface area contributed by atoms with Crippen LogP contribution in [-0.4, -0.2) is 21.8 Å². The number of nitrogens with zero attached hydrogens (tertiary/aromatic N) is 1. The first-order valence-electron chi connectivity index (χ1n) is 10.00. The van der Waals surface area contributed by atoms with Crippen LogP contribution in [-0.2, 0) is 15.3 Å². The number of rotatable bonds is 5. The van der Waals surface area contributed by atoms with Gasteiger partial charge in [0.05, 0.1) is 11.5 Å². The average molecular weight is 469 g/mol. The molecule has 2 amide bonds. The molecule has 0 saturated carbocycles. The lowest BCUT2D eigenvalue weighted by Crippen LogP contribution is -2.36. The molecule has 3 N–H and O–H groups in total. The monoisotopic (exact) mass is 468 g/mol. The molecule has 2 aromatic carbocycles. The number of hydrogen-bond donors (Lipinski definition) is 3. The van der Waals surface area contributed by atoms with Gasteiger partial charge < -0.3 is 15.6 Å². The molecule has 2 heterocycles. The minimum Gasteiger partial charge on any atom is -0.326 e. The van der Waals surface area contributed by atoms with E-state index in [1.807, 2.05) is 44.2 Å². The van der Waals surface area contributed by atoms with Crippen molar-refractivity contribution in [2.75, 3.05) is 10.6 Å². The largest absolute Gasteiger partial charge is 0.326 e. The Morgan fingerprint density at radius 1 is 1.19 bits per heavy atom. The predicted molar refractivity (Wildman–Crippen MR) is 126 cm³/mol. The van der Waals surface area contributed by atoms with E-state index in [0.29, 0.717) is 21.6 Å². The smallest absolute Gasteiger partial charge is 0.257 e. The number of amides is 2. The van der Waals surface area contributed by atoms with Gasteiger partial charge in [-0.2, -0.15) is 0 Å². The van der Waals surface area contributed by atoms with Crippen LogP contribution in [0.15, 0.2) is 52.4 Å². The van der Waals surface area contributed by atoms with Crippen LogP contribution in [0.2, 0.25) is 5.02 Å². The van der Waals surface area contributed by atoms with Gasteiger partial charge in [0.25, 0.3) is 5.56 Å². The van der Waals surface area contributed by atoms with Gasteiger partial charge in [0, 0.05) is 22.9 Å². The maximum atomic E-state index is 13.0. The van der Waals surface area contributed by atoms with Crippen molar-refractivity contribution >= 4 is 46.7 Å². The Kier molecular flexibility index (Phi) is 6.34. The Hall–Kier alpha value is -3.10. The number of carbonyl (C=O) groups is 2. The molecule has 0 aliphatic carbocycles. The summed E-state index contributed by atoms with van der Waals surface area (Å²) in [5.74, 6) is -1.11. The minimum atomic E-state index is -0.931. The second-order valence-electron chi connectivity index (χ2n) is 7.61. The fraction of sp³-hybridized carbons (Fsp3) is 0.217. The van der Waals surface area contributed by atoms with E-state index >= 15 is 0 Å². The molecule has 1 aliphatic rings. The first-order valence-corrected chi connectivity index (χ1v) is 11.4. The van der Waals surface area contributed by atoms with Crippen molar-refractivity contribution in [1.29, 1.82) is 0 Å². The van der Waals surface area contributed by atoms with Crippen LogP contribution in [0.5, 0.6) is 0 Å². The molecule has 0 spiro atoms. The molecule has 1 aromatic heterocycles. The summed E-state index contributed by atoms with van der Waals surface area (Å²) in [6, 6.07) is 13.0. The van der Waals surface area contributed by atoms with E-state index in [9.17, 15) is 14.4 Å². The van der Waals surface area contributed by atoms with Crippen LogP contribution >= 0.6 is 23.4 Å². The minimum absolute atomic E-state index is 0.117. The van der Waals surface area contributed by atoms with Gasteiger partial charge in [-0.05, 0) is 48.7 Å². The number of nitrogens with one attached hydrogen (secondary N) is 3. The zero-order valence-electron chi connectivity index (χ0n) is 17.5. The maximum absolute atomic E-state index is 13.0. The van der Waals surface area contributed by atoms with Gasteiger partial charge in [0.2, 0.25) is 11.8 Å². The van der Waals surface area contributed by atoms with Gasteiger partial charge in [0.15, 0.2) is 5.16 Å². The molecule has 32 heavy (non-hydrogen) atoms. The van der Waals surface area contributed by atoms with E-state index in [0.717, 1.165) is 16.7 Å². The second kappa shape index (κ2) is 9.18. The highest BCUT2D eigenvalue weighted by Gasteiger charge is 2.34. The van der Waals surface area contributed by atoms with Crippen molar-refractivity contribution in [3.05, 3.63) is 80.1 Å². The summed E-state index contributed by atoms with van der Waals surface area (Å²) in [6.45, 7) is 3.93. The number of halogens is 1. The number of aromatic nitrogens is 2. The summed E-state index contributed by atoms with van der Waals surface area (Å²) in [5, 5.41) is 6.40. The Bertz CT molecular complexity index is 1270. The molecule has 1 unspecified atom stereocenters. The van der Waals surface area contributed by atoms with Gasteiger partial charge in [-0.3, -0.25) is 14.4 Å². The Labute approximate surface area is 194 Å². The van der Waals surface area contributed by atoms with Gasteiger partial charge in [0.1, 0.15) is 5.82 Å². The zero-order valence-corrected chi connectivity index (χ0v) is 19.1. The molecule has 0 saturated heterocycles. The van der Waals surface area contributed by atoms with Crippen molar-refractivity contribution in [2.45, 2.75) is 37.1 Å². The van der Waals surface area contributed by atoms with Gasteiger partial charge in [-0.1, -0.05) is 47.6 Å². The standard InChI is InChI=1S/C23H21ClN4O3S/c1-12-7-8-15(9-13(12)2)25-21(30)16-10-18(29)26-20-19(16)22(31)28-23(27-20)32-11-14-5-3-4-6-17(14)24/h3-9,16H,10-11H2,1-2H3,(H,25,30)(H2,26,27,28,29,31). The van der Waals surface area contributed by atoms with E-state index < -0.39 is 17.4 Å². The summed E-state index contributed by atoms with van der Waals surface area (Å²) in [4.78, 5) is 45.2. The highest BCUT2D eigenvalue weighted by Crippen LogP contribution is 2.31. The molecule has 4 rings (SSSR count). The Morgan fingerprint density at radius 3 is 2.72 bits per heavy atom.